The molecule has 0 spiro atoms. The van der Waals surface area contributed by atoms with Gasteiger partial charge in [0, 0.05) is 6.20 Å². The molecule has 88 valence electrons. The van der Waals surface area contributed by atoms with Gasteiger partial charge in [0.2, 0.25) is 5.88 Å². The summed E-state index contributed by atoms with van der Waals surface area (Å²) in [7, 11) is 0. The van der Waals surface area contributed by atoms with Crippen LogP contribution in [0.4, 0.5) is 0 Å². The summed E-state index contributed by atoms with van der Waals surface area (Å²) in [5.41, 5.74) is 2.03. The second kappa shape index (κ2) is 4.40. The Balaban J connectivity index is 2.25. The zero-order chi connectivity index (χ0) is 11.7. The highest BCUT2D eigenvalue weighted by Gasteiger charge is 2.24. The first-order valence-corrected chi connectivity index (χ1v) is 6.10. The fourth-order valence-electron chi connectivity index (χ4n) is 1.90. The van der Waals surface area contributed by atoms with Crippen LogP contribution in [0.15, 0.2) is 6.20 Å². The zero-order valence-electron chi connectivity index (χ0n) is 10.5. The smallest absolute Gasteiger partial charge is 0.236 e. The van der Waals surface area contributed by atoms with Crippen molar-refractivity contribution in [1.82, 2.24) is 9.97 Å². The SMILES string of the molecule is CC(C)c1cnc2c(n1)OC(C(C)C)CC2. The number of hydrogen-bond acceptors (Lipinski definition) is 3. The highest BCUT2D eigenvalue weighted by atomic mass is 16.5. The maximum Gasteiger partial charge on any atom is 0.236 e. The van der Waals surface area contributed by atoms with Gasteiger partial charge < -0.3 is 4.74 Å². The summed E-state index contributed by atoms with van der Waals surface area (Å²) < 4.78 is 5.91. The van der Waals surface area contributed by atoms with Gasteiger partial charge in [0.15, 0.2) is 0 Å². The molecule has 0 saturated heterocycles. The Morgan fingerprint density at radius 3 is 2.69 bits per heavy atom. The Hall–Kier alpha value is -1.12. The molecule has 1 atom stereocenters. The van der Waals surface area contributed by atoms with E-state index in [1.807, 2.05) is 6.20 Å². The first kappa shape index (κ1) is 11.4. The van der Waals surface area contributed by atoms with Crippen molar-refractivity contribution in [3.8, 4) is 5.88 Å². The minimum atomic E-state index is 0.296. The fourth-order valence-corrected chi connectivity index (χ4v) is 1.90. The summed E-state index contributed by atoms with van der Waals surface area (Å²) in [5.74, 6) is 1.70. The monoisotopic (exact) mass is 220 g/mol. The van der Waals surface area contributed by atoms with Crippen LogP contribution in [0.3, 0.4) is 0 Å². The molecule has 0 amide bonds. The van der Waals surface area contributed by atoms with Crippen LogP contribution in [-0.4, -0.2) is 16.1 Å². The van der Waals surface area contributed by atoms with E-state index >= 15 is 0 Å². The van der Waals surface area contributed by atoms with Gasteiger partial charge in [-0.1, -0.05) is 27.7 Å². The normalized spacial score (nSPS) is 19.8. The van der Waals surface area contributed by atoms with Crippen molar-refractivity contribution in [2.24, 2.45) is 5.92 Å². The molecule has 3 nitrogen and oxygen atoms in total. The lowest BCUT2D eigenvalue weighted by atomic mass is 9.99. The molecule has 3 heteroatoms. The molecule has 2 rings (SSSR count). The van der Waals surface area contributed by atoms with E-state index in [0.29, 0.717) is 17.9 Å². The fraction of sp³-hybridized carbons (Fsp3) is 0.692. The molecule has 0 bridgehead atoms. The molecular weight excluding hydrogens is 200 g/mol. The number of rotatable bonds is 2. The molecule has 0 N–H and O–H groups in total. The van der Waals surface area contributed by atoms with E-state index in [0.717, 1.165) is 30.1 Å². The van der Waals surface area contributed by atoms with E-state index in [1.165, 1.54) is 0 Å². The van der Waals surface area contributed by atoms with E-state index in [2.05, 4.69) is 37.7 Å². The van der Waals surface area contributed by atoms with Crippen molar-refractivity contribution in [3.05, 3.63) is 17.6 Å². The Labute approximate surface area is 97.3 Å². The van der Waals surface area contributed by atoms with E-state index < -0.39 is 0 Å². The Kier molecular flexibility index (Phi) is 3.13. The molecule has 0 fully saturated rings. The van der Waals surface area contributed by atoms with Gasteiger partial charge in [0.1, 0.15) is 11.8 Å². The second-order valence-electron chi connectivity index (χ2n) is 5.14. The van der Waals surface area contributed by atoms with Crippen LogP contribution in [0.1, 0.15) is 51.4 Å². The zero-order valence-corrected chi connectivity index (χ0v) is 10.5. The third-order valence-electron chi connectivity index (χ3n) is 3.09. The lowest BCUT2D eigenvalue weighted by Crippen LogP contribution is -2.29. The number of aromatic nitrogens is 2. The molecule has 16 heavy (non-hydrogen) atoms. The van der Waals surface area contributed by atoms with Gasteiger partial charge in [-0.25, -0.2) is 4.98 Å². The lowest BCUT2D eigenvalue weighted by Gasteiger charge is -2.27. The molecule has 0 aromatic carbocycles. The van der Waals surface area contributed by atoms with Crippen LogP contribution in [0, 0.1) is 5.92 Å². The maximum atomic E-state index is 5.91. The van der Waals surface area contributed by atoms with E-state index in [4.69, 9.17) is 4.74 Å². The predicted octanol–water partition coefficient (Wildman–Crippen LogP) is 2.95. The Morgan fingerprint density at radius 1 is 1.31 bits per heavy atom. The molecular formula is C13H20N2O. The van der Waals surface area contributed by atoms with Gasteiger partial charge in [0.25, 0.3) is 0 Å². The maximum absolute atomic E-state index is 5.91. The average Bonchev–Trinajstić information content (AvgIpc) is 2.27. The van der Waals surface area contributed by atoms with Crippen LogP contribution in [0.5, 0.6) is 5.88 Å². The number of hydrogen-bond donors (Lipinski definition) is 0. The van der Waals surface area contributed by atoms with Gasteiger partial charge in [-0.15, -0.1) is 0 Å². The van der Waals surface area contributed by atoms with Gasteiger partial charge in [-0.2, -0.15) is 0 Å². The molecule has 2 heterocycles. The summed E-state index contributed by atoms with van der Waals surface area (Å²) in [5, 5.41) is 0. The Morgan fingerprint density at radius 2 is 2.06 bits per heavy atom. The summed E-state index contributed by atoms with van der Waals surface area (Å²) in [6.07, 6.45) is 4.22. The van der Waals surface area contributed by atoms with Crippen LogP contribution < -0.4 is 4.74 Å². The number of fused-ring (bicyclic) bond motifs is 1. The average molecular weight is 220 g/mol. The molecule has 1 aromatic rings. The van der Waals surface area contributed by atoms with Gasteiger partial charge >= 0.3 is 0 Å². The highest BCUT2D eigenvalue weighted by molar-refractivity contribution is 5.24. The van der Waals surface area contributed by atoms with Crippen LogP contribution in [0.25, 0.3) is 0 Å². The molecule has 1 aliphatic heterocycles. The second-order valence-corrected chi connectivity index (χ2v) is 5.14. The third-order valence-corrected chi connectivity index (χ3v) is 3.09. The van der Waals surface area contributed by atoms with Crippen molar-refractivity contribution in [2.75, 3.05) is 0 Å². The topological polar surface area (TPSA) is 35.0 Å². The van der Waals surface area contributed by atoms with E-state index in [-0.39, 0.29) is 0 Å². The summed E-state index contributed by atoms with van der Waals surface area (Å²) in [4.78, 5) is 9.01. The van der Waals surface area contributed by atoms with Gasteiger partial charge in [-0.05, 0) is 24.7 Å². The first-order valence-electron chi connectivity index (χ1n) is 6.10. The lowest BCUT2D eigenvalue weighted by molar-refractivity contribution is 0.118. The van der Waals surface area contributed by atoms with Crippen molar-refractivity contribution in [3.63, 3.8) is 0 Å². The number of ether oxygens (including phenoxy) is 1. The van der Waals surface area contributed by atoms with Crippen LogP contribution in [0.2, 0.25) is 0 Å². The predicted molar refractivity (Wildman–Crippen MR) is 63.7 cm³/mol. The summed E-state index contributed by atoms with van der Waals surface area (Å²) >= 11 is 0. The number of nitrogens with zero attached hydrogens (tertiary/aromatic N) is 2. The molecule has 0 aliphatic carbocycles. The molecule has 1 aromatic heterocycles. The summed E-state index contributed by atoms with van der Waals surface area (Å²) in [6, 6.07) is 0. The first-order chi connectivity index (χ1) is 7.58. The quantitative estimate of drug-likeness (QED) is 0.768. The van der Waals surface area contributed by atoms with Crippen molar-refractivity contribution < 1.29 is 4.74 Å². The third kappa shape index (κ3) is 2.18. The Bertz CT molecular complexity index is 374. The largest absolute Gasteiger partial charge is 0.473 e. The minimum absolute atomic E-state index is 0.296. The van der Waals surface area contributed by atoms with E-state index in [9.17, 15) is 0 Å². The van der Waals surface area contributed by atoms with Crippen LogP contribution in [-0.2, 0) is 6.42 Å². The molecule has 0 radical (unpaired) electrons. The summed E-state index contributed by atoms with van der Waals surface area (Å²) in [6.45, 7) is 8.63. The van der Waals surface area contributed by atoms with Gasteiger partial charge in [-0.3, -0.25) is 4.98 Å². The van der Waals surface area contributed by atoms with E-state index in [1.54, 1.807) is 0 Å². The van der Waals surface area contributed by atoms with Crippen LogP contribution >= 0.6 is 0 Å². The number of aryl methyl sites for hydroxylation is 1. The standard InChI is InChI=1S/C13H20N2O/c1-8(2)11-7-14-10-5-6-12(9(3)4)16-13(10)15-11/h7-9,12H,5-6H2,1-4H3. The molecule has 0 saturated carbocycles. The van der Waals surface area contributed by atoms with Crippen molar-refractivity contribution in [1.29, 1.82) is 0 Å². The highest BCUT2D eigenvalue weighted by Crippen LogP contribution is 2.28. The molecule has 1 unspecified atom stereocenters. The van der Waals surface area contributed by atoms with Gasteiger partial charge in [0.05, 0.1) is 5.69 Å². The van der Waals surface area contributed by atoms with Crippen molar-refractivity contribution in [2.45, 2.75) is 52.6 Å². The molecule has 1 aliphatic rings. The minimum Gasteiger partial charge on any atom is -0.473 e. The van der Waals surface area contributed by atoms with Crippen molar-refractivity contribution >= 4 is 0 Å².